The molecule has 2 amide bonds. The molecule has 0 aliphatic carbocycles. The predicted octanol–water partition coefficient (Wildman–Crippen LogP) is 3.79. The minimum Gasteiger partial charge on any atom is -0.342 e. The number of amides is 2. The molecule has 1 fully saturated rings. The summed E-state index contributed by atoms with van der Waals surface area (Å²) < 4.78 is 0. The van der Waals surface area contributed by atoms with Gasteiger partial charge in [0, 0.05) is 13.1 Å². The highest BCUT2D eigenvalue weighted by atomic mass is 32.2. The van der Waals surface area contributed by atoms with Crippen molar-refractivity contribution in [3.05, 3.63) is 71.9 Å². The number of amidine groups is 1. The summed E-state index contributed by atoms with van der Waals surface area (Å²) >= 11 is 1.32. The Kier molecular flexibility index (Phi) is 5.58. The van der Waals surface area contributed by atoms with Crippen LogP contribution >= 0.6 is 11.8 Å². The first kappa shape index (κ1) is 18.5. The van der Waals surface area contributed by atoms with Gasteiger partial charge < -0.3 is 4.90 Å². The first-order valence-electron chi connectivity index (χ1n) is 9.38. The highest BCUT2D eigenvalue weighted by Crippen LogP contribution is 2.29. The second-order valence-corrected chi connectivity index (χ2v) is 7.63. The molecule has 1 saturated heterocycles. The summed E-state index contributed by atoms with van der Waals surface area (Å²) in [6.45, 7) is 1.65. The molecule has 0 spiro atoms. The van der Waals surface area contributed by atoms with Gasteiger partial charge in [0.1, 0.15) is 5.70 Å². The van der Waals surface area contributed by atoms with Gasteiger partial charge >= 0.3 is 0 Å². The molecule has 2 aromatic carbocycles. The molecule has 2 heterocycles. The number of nitrogens with zero attached hydrogens (tertiary/aromatic N) is 3. The molecule has 28 heavy (non-hydrogen) atoms. The number of para-hydroxylation sites is 1. The van der Waals surface area contributed by atoms with E-state index in [1.54, 1.807) is 11.0 Å². The number of hydrogen-bond donors (Lipinski definition) is 0. The highest BCUT2D eigenvalue weighted by Gasteiger charge is 2.32. The Morgan fingerprint density at radius 3 is 2.32 bits per heavy atom. The summed E-state index contributed by atoms with van der Waals surface area (Å²) in [5, 5.41) is 0.547. The summed E-state index contributed by atoms with van der Waals surface area (Å²) in [5.41, 5.74) is 2.05. The van der Waals surface area contributed by atoms with Crippen LogP contribution in [0.25, 0.3) is 6.08 Å². The van der Waals surface area contributed by atoms with Crippen molar-refractivity contribution >= 4 is 40.5 Å². The van der Waals surface area contributed by atoms with Crippen LogP contribution in [0.1, 0.15) is 18.4 Å². The second kappa shape index (κ2) is 8.44. The monoisotopic (exact) mass is 391 g/mol. The van der Waals surface area contributed by atoms with E-state index in [1.165, 1.54) is 11.8 Å². The zero-order chi connectivity index (χ0) is 19.3. The third kappa shape index (κ3) is 4.02. The SMILES string of the molecule is O=C(CSC1=N/C(=C/c2ccccc2)C(=O)N1c1ccccc1)N1CCCC1. The van der Waals surface area contributed by atoms with Crippen LogP contribution in [0.2, 0.25) is 0 Å². The smallest absolute Gasteiger partial charge is 0.283 e. The lowest BCUT2D eigenvalue weighted by molar-refractivity contribution is -0.127. The van der Waals surface area contributed by atoms with Crippen molar-refractivity contribution in [2.45, 2.75) is 12.8 Å². The van der Waals surface area contributed by atoms with Crippen LogP contribution in [0.5, 0.6) is 0 Å². The van der Waals surface area contributed by atoms with E-state index in [4.69, 9.17) is 0 Å². The lowest BCUT2D eigenvalue weighted by Crippen LogP contribution is -2.33. The quantitative estimate of drug-likeness (QED) is 0.745. The Balaban J connectivity index is 1.59. The number of rotatable bonds is 4. The number of carbonyl (C=O) groups is 2. The van der Waals surface area contributed by atoms with Crippen LogP contribution in [0.15, 0.2) is 71.4 Å². The largest absolute Gasteiger partial charge is 0.342 e. The molecule has 0 N–H and O–H groups in total. The number of aliphatic imine (C=N–C) groups is 1. The average molecular weight is 391 g/mol. The molecule has 6 heteroatoms. The molecule has 0 atom stereocenters. The Morgan fingerprint density at radius 1 is 1.00 bits per heavy atom. The van der Waals surface area contributed by atoms with Gasteiger partial charge in [-0.25, -0.2) is 4.99 Å². The van der Waals surface area contributed by atoms with Gasteiger partial charge in [-0.1, -0.05) is 60.3 Å². The Labute approximate surface area is 168 Å². The maximum absolute atomic E-state index is 13.1. The van der Waals surface area contributed by atoms with E-state index in [-0.39, 0.29) is 17.6 Å². The standard InChI is InChI=1S/C22H21N3O2S/c26-20(24-13-7-8-14-24)16-28-22-23-19(15-17-9-3-1-4-10-17)21(27)25(22)18-11-5-2-6-12-18/h1-6,9-12,15H,7-8,13-14,16H2/b19-15+. The number of anilines is 1. The van der Waals surface area contributed by atoms with Crippen LogP contribution in [-0.2, 0) is 9.59 Å². The minimum atomic E-state index is -0.175. The normalized spacial score (nSPS) is 18.1. The Hall–Kier alpha value is -2.86. The van der Waals surface area contributed by atoms with Crippen molar-refractivity contribution in [3.8, 4) is 0 Å². The van der Waals surface area contributed by atoms with Crippen molar-refractivity contribution in [2.75, 3.05) is 23.7 Å². The lowest BCUT2D eigenvalue weighted by atomic mass is 10.2. The number of thioether (sulfide) groups is 1. The molecule has 2 aliphatic rings. The maximum atomic E-state index is 13.1. The molecule has 4 rings (SSSR count). The third-order valence-corrected chi connectivity index (χ3v) is 5.65. The zero-order valence-electron chi connectivity index (χ0n) is 15.5. The van der Waals surface area contributed by atoms with Gasteiger partial charge in [0.2, 0.25) is 5.91 Å². The first-order chi connectivity index (χ1) is 13.7. The fourth-order valence-corrected chi connectivity index (χ4v) is 4.20. The summed E-state index contributed by atoms with van der Waals surface area (Å²) in [7, 11) is 0. The fourth-order valence-electron chi connectivity index (χ4n) is 3.29. The predicted molar refractivity (Wildman–Crippen MR) is 114 cm³/mol. The molecule has 0 aromatic heterocycles. The van der Waals surface area contributed by atoms with Crippen molar-refractivity contribution < 1.29 is 9.59 Å². The van der Waals surface area contributed by atoms with Crippen molar-refractivity contribution in [1.82, 2.24) is 4.90 Å². The maximum Gasteiger partial charge on any atom is 0.283 e. The molecule has 0 radical (unpaired) electrons. The van der Waals surface area contributed by atoms with Gasteiger partial charge in [-0.2, -0.15) is 0 Å². The van der Waals surface area contributed by atoms with Crippen LogP contribution in [-0.4, -0.2) is 40.7 Å². The van der Waals surface area contributed by atoms with E-state index in [0.29, 0.717) is 10.9 Å². The molecule has 2 aliphatic heterocycles. The van der Waals surface area contributed by atoms with E-state index in [0.717, 1.165) is 37.2 Å². The van der Waals surface area contributed by atoms with E-state index < -0.39 is 0 Å². The number of benzene rings is 2. The van der Waals surface area contributed by atoms with Gasteiger partial charge in [0.05, 0.1) is 11.4 Å². The average Bonchev–Trinajstić information content (AvgIpc) is 3.37. The number of hydrogen-bond acceptors (Lipinski definition) is 4. The van der Waals surface area contributed by atoms with E-state index in [1.807, 2.05) is 65.6 Å². The summed E-state index contributed by atoms with van der Waals surface area (Å²) in [6, 6.07) is 19.1. The van der Waals surface area contributed by atoms with E-state index in [9.17, 15) is 9.59 Å². The molecule has 142 valence electrons. The van der Waals surface area contributed by atoms with Crippen molar-refractivity contribution in [2.24, 2.45) is 4.99 Å². The lowest BCUT2D eigenvalue weighted by Gasteiger charge is -2.19. The summed E-state index contributed by atoms with van der Waals surface area (Å²) in [5.74, 6) is 0.214. The minimum absolute atomic E-state index is 0.103. The second-order valence-electron chi connectivity index (χ2n) is 6.69. The molecule has 5 nitrogen and oxygen atoms in total. The molecular weight excluding hydrogens is 370 g/mol. The Morgan fingerprint density at radius 2 is 1.64 bits per heavy atom. The van der Waals surface area contributed by atoms with Crippen LogP contribution in [0, 0.1) is 0 Å². The van der Waals surface area contributed by atoms with Crippen LogP contribution in [0.3, 0.4) is 0 Å². The molecule has 0 saturated carbocycles. The highest BCUT2D eigenvalue weighted by molar-refractivity contribution is 8.14. The zero-order valence-corrected chi connectivity index (χ0v) is 16.3. The van der Waals surface area contributed by atoms with Gasteiger partial charge in [-0.05, 0) is 36.6 Å². The molecular formula is C22H21N3O2S. The summed E-state index contributed by atoms with van der Waals surface area (Å²) in [6.07, 6.45) is 3.92. The van der Waals surface area contributed by atoms with Gasteiger partial charge in [0.25, 0.3) is 5.91 Å². The Bertz CT molecular complexity index is 919. The molecule has 0 bridgehead atoms. The van der Waals surface area contributed by atoms with Gasteiger partial charge in [0.15, 0.2) is 5.17 Å². The van der Waals surface area contributed by atoms with Gasteiger partial charge in [-0.3, -0.25) is 14.5 Å². The van der Waals surface area contributed by atoms with Crippen molar-refractivity contribution in [3.63, 3.8) is 0 Å². The number of carbonyl (C=O) groups excluding carboxylic acids is 2. The number of likely N-dealkylation sites (tertiary alicyclic amines) is 1. The van der Waals surface area contributed by atoms with Crippen LogP contribution < -0.4 is 4.90 Å². The van der Waals surface area contributed by atoms with E-state index >= 15 is 0 Å². The summed E-state index contributed by atoms with van der Waals surface area (Å²) in [4.78, 5) is 33.5. The van der Waals surface area contributed by atoms with Crippen LogP contribution in [0.4, 0.5) is 5.69 Å². The third-order valence-electron chi connectivity index (χ3n) is 4.73. The topological polar surface area (TPSA) is 53.0 Å². The fraction of sp³-hybridized carbons (Fsp3) is 0.227. The molecule has 2 aromatic rings. The van der Waals surface area contributed by atoms with Crippen molar-refractivity contribution in [1.29, 1.82) is 0 Å². The molecule has 0 unspecified atom stereocenters. The first-order valence-corrected chi connectivity index (χ1v) is 10.4. The van der Waals surface area contributed by atoms with Gasteiger partial charge in [-0.15, -0.1) is 0 Å². The van der Waals surface area contributed by atoms with E-state index in [2.05, 4.69) is 4.99 Å².